The van der Waals surface area contributed by atoms with Crippen molar-refractivity contribution in [3.63, 3.8) is 0 Å². The Labute approximate surface area is 55.1 Å². The third kappa shape index (κ3) is 2.34. The second kappa shape index (κ2) is 2.70. The van der Waals surface area contributed by atoms with Gasteiger partial charge in [-0.2, -0.15) is 4.74 Å². The van der Waals surface area contributed by atoms with Crippen molar-refractivity contribution >= 4 is 5.87 Å². The highest BCUT2D eigenvalue weighted by Crippen LogP contribution is 2.31. The fourth-order valence-electron chi connectivity index (χ4n) is 0.785. The highest BCUT2D eigenvalue weighted by molar-refractivity contribution is 5.39. The molecule has 0 spiro atoms. The van der Waals surface area contributed by atoms with Crippen molar-refractivity contribution in [2.24, 2.45) is 5.92 Å². The third-order valence-corrected chi connectivity index (χ3v) is 1.61. The monoisotopic (exact) mass is 125 g/mol. The van der Waals surface area contributed by atoms with Gasteiger partial charge in [-0.05, 0) is 18.8 Å². The number of rotatable bonds is 3. The zero-order valence-corrected chi connectivity index (χ0v) is 5.47. The fourth-order valence-corrected chi connectivity index (χ4v) is 0.785. The average Bonchev–Trinajstić information content (AvgIpc) is 2.65. The molecule has 1 aliphatic carbocycles. The van der Waals surface area contributed by atoms with E-state index in [1.54, 1.807) is 0 Å². The minimum Gasteiger partial charge on any atom is -0.615 e. The molecule has 1 aliphatic rings. The molecule has 0 N–H and O–H groups in total. The molecule has 0 atom stereocenters. The lowest BCUT2D eigenvalue weighted by molar-refractivity contribution is -0.451. The molecule has 0 aliphatic heterocycles. The molecular formula is C7H11NO. The van der Waals surface area contributed by atoms with Gasteiger partial charge in [-0.25, -0.2) is 0 Å². The molecular weight excluding hydrogens is 114 g/mol. The van der Waals surface area contributed by atoms with Crippen molar-refractivity contribution in [2.45, 2.75) is 19.3 Å². The summed E-state index contributed by atoms with van der Waals surface area (Å²) in [5, 5.41) is 10.5. The van der Waals surface area contributed by atoms with Gasteiger partial charge >= 0.3 is 0 Å². The van der Waals surface area contributed by atoms with Crippen LogP contribution in [-0.2, 0) is 0 Å². The van der Waals surface area contributed by atoms with E-state index in [-0.39, 0.29) is 0 Å². The Balaban J connectivity index is 2.09. The Bertz CT molecular complexity index is 143. The topological polar surface area (TPSA) is 26.1 Å². The number of hydrogen-bond acceptors (Lipinski definition) is 1. The lowest BCUT2D eigenvalue weighted by Gasteiger charge is -1.96. The van der Waals surface area contributed by atoms with E-state index in [4.69, 9.17) is 0 Å². The molecule has 2 heteroatoms. The van der Waals surface area contributed by atoms with Gasteiger partial charge in [-0.3, -0.25) is 0 Å². The summed E-state index contributed by atoms with van der Waals surface area (Å²) >= 11 is 0. The maximum atomic E-state index is 10.5. The summed E-state index contributed by atoms with van der Waals surface area (Å²) in [7, 11) is 0. The lowest BCUT2D eigenvalue weighted by atomic mass is 10.3. The number of nitrogens with zero attached hydrogens (tertiary/aromatic N) is 1. The minimum atomic E-state index is 0.578. The number of hydroxylamine groups is 1. The average molecular weight is 125 g/mol. The van der Waals surface area contributed by atoms with E-state index in [1.165, 1.54) is 12.8 Å². The summed E-state index contributed by atoms with van der Waals surface area (Å²) < 4.78 is 0.776. The SMILES string of the molecule is C=C=[N+]([O-])CCC1CC1. The molecule has 0 saturated heterocycles. The van der Waals surface area contributed by atoms with Crippen LogP contribution in [0.4, 0.5) is 0 Å². The summed E-state index contributed by atoms with van der Waals surface area (Å²) in [6, 6.07) is 0. The Morgan fingerprint density at radius 1 is 1.67 bits per heavy atom. The summed E-state index contributed by atoms with van der Waals surface area (Å²) in [6.45, 7) is 3.82. The largest absolute Gasteiger partial charge is 0.615 e. The smallest absolute Gasteiger partial charge is 0.171 e. The van der Waals surface area contributed by atoms with Crippen LogP contribution in [0.25, 0.3) is 0 Å². The van der Waals surface area contributed by atoms with Crippen LogP contribution in [0.1, 0.15) is 19.3 Å². The van der Waals surface area contributed by atoms with Gasteiger partial charge in [0, 0.05) is 13.0 Å². The molecule has 2 nitrogen and oxygen atoms in total. The summed E-state index contributed by atoms with van der Waals surface area (Å²) in [5.74, 6) is 3.10. The molecule has 50 valence electrons. The summed E-state index contributed by atoms with van der Waals surface area (Å²) in [4.78, 5) is 0. The molecule has 0 amide bonds. The first kappa shape index (κ1) is 6.37. The quantitative estimate of drug-likeness (QED) is 0.240. The van der Waals surface area contributed by atoms with Gasteiger partial charge in [-0.15, -0.1) is 0 Å². The Morgan fingerprint density at radius 2 is 2.33 bits per heavy atom. The van der Waals surface area contributed by atoms with Crippen molar-refractivity contribution in [1.29, 1.82) is 0 Å². The Hall–Kier alpha value is -0.750. The highest BCUT2D eigenvalue weighted by Gasteiger charge is 2.21. The second-order valence-corrected chi connectivity index (χ2v) is 2.49. The van der Waals surface area contributed by atoms with Gasteiger partial charge in [0.15, 0.2) is 12.4 Å². The van der Waals surface area contributed by atoms with Crippen molar-refractivity contribution in [1.82, 2.24) is 0 Å². The van der Waals surface area contributed by atoms with E-state index >= 15 is 0 Å². The van der Waals surface area contributed by atoms with Crippen LogP contribution >= 0.6 is 0 Å². The lowest BCUT2D eigenvalue weighted by Crippen LogP contribution is -2.03. The first-order valence-electron chi connectivity index (χ1n) is 3.30. The van der Waals surface area contributed by atoms with Crippen LogP contribution in [0.3, 0.4) is 0 Å². The van der Waals surface area contributed by atoms with Crippen molar-refractivity contribution in [2.75, 3.05) is 6.54 Å². The van der Waals surface area contributed by atoms with Crippen LogP contribution in [0.5, 0.6) is 0 Å². The van der Waals surface area contributed by atoms with Gasteiger partial charge in [0.05, 0.1) is 0 Å². The maximum Gasteiger partial charge on any atom is 0.171 e. The Kier molecular flexibility index (Phi) is 1.91. The fraction of sp³-hybridized carbons (Fsp3) is 0.714. The predicted octanol–water partition coefficient (Wildman–Crippen LogP) is 1.15. The zero-order valence-electron chi connectivity index (χ0n) is 5.47. The molecule has 0 unspecified atom stereocenters. The van der Waals surface area contributed by atoms with Gasteiger partial charge < -0.3 is 5.21 Å². The Morgan fingerprint density at radius 3 is 2.78 bits per heavy atom. The van der Waals surface area contributed by atoms with Crippen molar-refractivity contribution < 1.29 is 4.74 Å². The van der Waals surface area contributed by atoms with E-state index in [0.717, 1.165) is 17.1 Å². The summed E-state index contributed by atoms with van der Waals surface area (Å²) in [6.07, 6.45) is 3.64. The van der Waals surface area contributed by atoms with Crippen LogP contribution in [0.2, 0.25) is 0 Å². The van der Waals surface area contributed by atoms with Gasteiger partial charge in [0.1, 0.15) is 0 Å². The molecule has 9 heavy (non-hydrogen) atoms. The van der Waals surface area contributed by atoms with E-state index in [9.17, 15) is 5.21 Å². The van der Waals surface area contributed by atoms with Crippen LogP contribution < -0.4 is 0 Å². The van der Waals surface area contributed by atoms with E-state index in [2.05, 4.69) is 12.4 Å². The van der Waals surface area contributed by atoms with Crippen molar-refractivity contribution in [3.8, 4) is 0 Å². The normalized spacial score (nSPS) is 16.9. The minimum absolute atomic E-state index is 0.578. The van der Waals surface area contributed by atoms with E-state index in [1.807, 2.05) is 0 Å². The second-order valence-electron chi connectivity index (χ2n) is 2.49. The first-order valence-corrected chi connectivity index (χ1v) is 3.30. The number of hydrogen-bond donors (Lipinski definition) is 0. The molecule has 0 radical (unpaired) electrons. The molecule has 0 heterocycles. The first-order chi connectivity index (χ1) is 4.33. The zero-order chi connectivity index (χ0) is 6.69. The van der Waals surface area contributed by atoms with Gasteiger partial charge in [-0.1, -0.05) is 0 Å². The van der Waals surface area contributed by atoms with Crippen LogP contribution in [0.15, 0.2) is 6.58 Å². The van der Waals surface area contributed by atoms with E-state index < -0.39 is 0 Å². The van der Waals surface area contributed by atoms with Crippen LogP contribution in [-0.4, -0.2) is 17.2 Å². The van der Waals surface area contributed by atoms with Gasteiger partial charge in [0.25, 0.3) is 0 Å². The molecule has 0 aromatic heterocycles. The maximum absolute atomic E-state index is 10.5. The highest BCUT2D eigenvalue weighted by atomic mass is 16.5. The molecule has 0 aromatic rings. The predicted molar refractivity (Wildman–Crippen MR) is 36.5 cm³/mol. The molecule has 0 aromatic carbocycles. The van der Waals surface area contributed by atoms with E-state index in [0.29, 0.717) is 6.54 Å². The third-order valence-electron chi connectivity index (χ3n) is 1.61. The molecule has 1 saturated carbocycles. The van der Waals surface area contributed by atoms with Crippen molar-refractivity contribution in [3.05, 3.63) is 11.8 Å². The standard InChI is InChI=1S/C7H11NO/c1-2-8(9)6-5-7-3-4-7/h7H,1,3-6H2. The van der Waals surface area contributed by atoms with Crippen LogP contribution in [0, 0.1) is 11.1 Å². The molecule has 1 rings (SSSR count). The summed E-state index contributed by atoms with van der Waals surface area (Å²) in [5.41, 5.74) is 0. The molecule has 1 fully saturated rings. The van der Waals surface area contributed by atoms with Gasteiger partial charge in [0.2, 0.25) is 0 Å². The molecule has 0 bridgehead atoms.